The van der Waals surface area contributed by atoms with E-state index >= 15 is 0 Å². The molecule has 2 saturated heterocycles. The number of para-hydroxylation sites is 1. The van der Waals surface area contributed by atoms with Gasteiger partial charge in [-0.25, -0.2) is 4.68 Å². The van der Waals surface area contributed by atoms with Gasteiger partial charge in [0.25, 0.3) is 0 Å². The molecule has 4 rings (SSSR count). The topological polar surface area (TPSA) is 68.6 Å². The fraction of sp³-hybridized carbons (Fsp3) is 0.545. The van der Waals surface area contributed by atoms with Gasteiger partial charge in [0.05, 0.1) is 25.3 Å². The lowest BCUT2D eigenvalue weighted by atomic mass is 10.00. The van der Waals surface area contributed by atoms with E-state index in [0.29, 0.717) is 25.1 Å². The highest BCUT2D eigenvalue weighted by molar-refractivity contribution is 5.89. The smallest absolute Gasteiger partial charge is 0.228 e. The summed E-state index contributed by atoms with van der Waals surface area (Å²) in [6, 6.07) is 12.4. The highest BCUT2D eigenvalue weighted by atomic mass is 16.5. The zero-order valence-corrected chi connectivity index (χ0v) is 16.8. The van der Waals surface area contributed by atoms with Crippen LogP contribution in [-0.2, 0) is 9.53 Å². The Morgan fingerprint density at radius 2 is 1.83 bits per heavy atom. The molecule has 1 N–H and O–H groups in total. The molecule has 2 fully saturated rings. The van der Waals surface area contributed by atoms with Gasteiger partial charge in [-0.2, -0.15) is 5.10 Å². The van der Waals surface area contributed by atoms with E-state index < -0.39 is 0 Å². The van der Waals surface area contributed by atoms with Crippen LogP contribution in [0.3, 0.4) is 0 Å². The SMILES string of the molecule is O=C(CCOc1ccccc1)Nc1ccnn1C1CCN(C2CCOCC2)CC1. The van der Waals surface area contributed by atoms with Crippen molar-refractivity contribution < 1.29 is 14.3 Å². The summed E-state index contributed by atoms with van der Waals surface area (Å²) in [4.78, 5) is 14.9. The second-order valence-electron chi connectivity index (χ2n) is 7.73. The molecule has 7 heteroatoms. The number of hydrogen-bond donors (Lipinski definition) is 1. The average Bonchev–Trinajstić information content (AvgIpc) is 3.23. The summed E-state index contributed by atoms with van der Waals surface area (Å²) in [5.41, 5.74) is 0. The third kappa shape index (κ3) is 5.36. The van der Waals surface area contributed by atoms with Gasteiger partial charge in [0.1, 0.15) is 11.6 Å². The second kappa shape index (κ2) is 9.89. The minimum absolute atomic E-state index is 0.0534. The molecule has 0 bridgehead atoms. The summed E-state index contributed by atoms with van der Waals surface area (Å²) in [5, 5.41) is 7.49. The van der Waals surface area contributed by atoms with E-state index in [4.69, 9.17) is 9.47 Å². The van der Waals surface area contributed by atoms with Crippen molar-refractivity contribution >= 4 is 11.7 Å². The molecule has 0 radical (unpaired) electrons. The predicted octanol–water partition coefficient (Wildman–Crippen LogP) is 3.11. The lowest BCUT2D eigenvalue weighted by Crippen LogP contribution is -2.44. The Morgan fingerprint density at radius 1 is 1.07 bits per heavy atom. The standard InChI is InChI=1S/C22H30N4O3/c27-22(11-17-29-20-4-2-1-3-5-20)24-21-6-12-23-26(21)19-7-13-25(14-8-19)18-9-15-28-16-10-18/h1-6,12,18-19H,7-11,13-17H2,(H,24,27). The summed E-state index contributed by atoms with van der Waals surface area (Å²) in [5.74, 6) is 1.50. The number of nitrogens with zero attached hydrogens (tertiary/aromatic N) is 3. The van der Waals surface area contributed by atoms with Crippen LogP contribution in [0.5, 0.6) is 5.75 Å². The first-order valence-corrected chi connectivity index (χ1v) is 10.6. The Kier molecular flexibility index (Phi) is 6.79. The van der Waals surface area contributed by atoms with Gasteiger partial charge in [0.2, 0.25) is 5.91 Å². The van der Waals surface area contributed by atoms with Gasteiger partial charge in [-0.05, 0) is 37.8 Å². The molecule has 0 saturated carbocycles. The van der Waals surface area contributed by atoms with Crippen molar-refractivity contribution in [2.45, 2.75) is 44.2 Å². The summed E-state index contributed by atoms with van der Waals surface area (Å²) < 4.78 is 13.1. The third-order valence-corrected chi connectivity index (χ3v) is 5.83. The molecule has 1 aromatic heterocycles. The molecule has 2 aliphatic rings. The number of carbonyl (C=O) groups excluding carboxylic acids is 1. The zero-order valence-electron chi connectivity index (χ0n) is 16.8. The molecule has 1 amide bonds. The second-order valence-corrected chi connectivity index (χ2v) is 7.73. The van der Waals surface area contributed by atoms with Gasteiger partial charge >= 0.3 is 0 Å². The molecule has 2 aliphatic heterocycles. The van der Waals surface area contributed by atoms with Crippen LogP contribution < -0.4 is 10.1 Å². The molecule has 0 atom stereocenters. The number of nitrogens with one attached hydrogen (secondary N) is 1. The highest BCUT2D eigenvalue weighted by Gasteiger charge is 2.28. The van der Waals surface area contributed by atoms with E-state index in [1.165, 1.54) is 0 Å². The van der Waals surface area contributed by atoms with Gasteiger partial charge in [-0.3, -0.25) is 4.79 Å². The van der Waals surface area contributed by atoms with Crippen molar-refractivity contribution in [3.8, 4) is 5.75 Å². The van der Waals surface area contributed by atoms with Crippen molar-refractivity contribution in [3.63, 3.8) is 0 Å². The molecular formula is C22H30N4O3. The molecule has 3 heterocycles. The van der Waals surface area contributed by atoms with Crippen LogP contribution in [0.2, 0.25) is 0 Å². The molecule has 7 nitrogen and oxygen atoms in total. The number of aromatic nitrogens is 2. The van der Waals surface area contributed by atoms with E-state index in [2.05, 4.69) is 15.3 Å². The number of ether oxygens (including phenoxy) is 2. The number of anilines is 1. The van der Waals surface area contributed by atoms with Crippen LogP contribution in [0.25, 0.3) is 0 Å². The molecule has 156 valence electrons. The minimum Gasteiger partial charge on any atom is -0.493 e. The zero-order chi connectivity index (χ0) is 19.9. The summed E-state index contributed by atoms with van der Waals surface area (Å²) >= 11 is 0. The Balaban J connectivity index is 1.24. The largest absolute Gasteiger partial charge is 0.493 e. The van der Waals surface area contributed by atoms with Crippen LogP contribution in [0.15, 0.2) is 42.6 Å². The lowest BCUT2D eigenvalue weighted by Gasteiger charge is -2.39. The molecule has 29 heavy (non-hydrogen) atoms. The van der Waals surface area contributed by atoms with Crippen molar-refractivity contribution in [2.75, 3.05) is 38.2 Å². The summed E-state index contributed by atoms with van der Waals surface area (Å²) in [6.07, 6.45) is 6.46. The minimum atomic E-state index is -0.0534. The molecular weight excluding hydrogens is 368 g/mol. The number of hydrogen-bond acceptors (Lipinski definition) is 5. The van der Waals surface area contributed by atoms with Gasteiger partial charge in [0, 0.05) is 38.4 Å². The maximum Gasteiger partial charge on any atom is 0.228 e. The van der Waals surface area contributed by atoms with E-state index in [1.54, 1.807) is 6.20 Å². The Hall–Kier alpha value is -2.38. The van der Waals surface area contributed by atoms with Crippen molar-refractivity contribution in [3.05, 3.63) is 42.6 Å². The van der Waals surface area contributed by atoms with Crippen molar-refractivity contribution in [2.24, 2.45) is 0 Å². The highest BCUT2D eigenvalue weighted by Crippen LogP contribution is 2.28. The monoisotopic (exact) mass is 398 g/mol. The van der Waals surface area contributed by atoms with Crippen LogP contribution >= 0.6 is 0 Å². The van der Waals surface area contributed by atoms with E-state index in [-0.39, 0.29) is 5.91 Å². The Bertz CT molecular complexity index is 765. The Morgan fingerprint density at radius 3 is 2.59 bits per heavy atom. The molecule has 2 aromatic rings. The summed E-state index contributed by atoms with van der Waals surface area (Å²) in [6.45, 7) is 4.27. The number of likely N-dealkylation sites (tertiary alicyclic amines) is 1. The van der Waals surface area contributed by atoms with Crippen molar-refractivity contribution in [1.82, 2.24) is 14.7 Å². The first-order chi connectivity index (χ1) is 14.3. The van der Waals surface area contributed by atoms with Crippen LogP contribution in [0.1, 0.15) is 38.1 Å². The first-order valence-electron chi connectivity index (χ1n) is 10.6. The van der Waals surface area contributed by atoms with Crippen LogP contribution in [0.4, 0.5) is 5.82 Å². The number of carbonyl (C=O) groups is 1. The van der Waals surface area contributed by atoms with Crippen molar-refractivity contribution in [1.29, 1.82) is 0 Å². The maximum absolute atomic E-state index is 12.3. The summed E-state index contributed by atoms with van der Waals surface area (Å²) in [7, 11) is 0. The van der Waals surface area contributed by atoms with Gasteiger partial charge in [-0.15, -0.1) is 0 Å². The molecule has 1 aromatic carbocycles. The predicted molar refractivity (Wildman–Crippen MR) is 111 cm³/mol. The lowest BCUT2D eigenvalue weighted by molar-refractivity contribution is -0.116. The van der Waals surface area contributed by atoms with Gasteiger partial charge < -0.3 is 19.7 Å². The fourth-order valence-electron chi connectivity index (χ4n) is 4.23. The number of piperidine rings is 1. The number of rotatable bonds is 7. The van der Waals surface area contributed by atoms with Crippen LogP contribution in [0, 0.1) is 0 Å². The maximum atomic E-state index is 12.3. The first kappa shape index (κ1) is 19.9. The Labute approximate surface area is 172 Å². The van der Waals surface area contributed by atoms with E-state index in [9.17, 15) is 4.79 Å². The van der Waals surface area contributed by atoms with Gasteiger partial charge in [-0.1, -0.05) is 18.2 Å². The molecule has 0 unspecified atom stereocenters. The quantitative estimate of drug-likeness (QED) is 0.776. The van der Waals surface area contributed by atoms with Gasteiger partial charge in [0.15, 0.2) is 0 Å². The van der Waals surface area contributed by atoms with Crippen LogP contribution in [-0.4, -0.2) is 59.5 Å². The van der Waals surface area contributed by atoms with E-state index in [0.717, 1.165) is 63.6 Å². The number of benzene rings is 1. The third-order valence-electron chi connectivity index (χ3n) is 5.83. The normalized spacial score (nSPS) is 19.2. The number of amides is 1. The van der Waals surface area contributed by atoms with E-state index in [1.807, 2.05) is 41.1 Å². The average molecular weight is 399 g/mol. The fourth-order valence-corrected chi connectivity index (χ4v) is 4.23. The molecule has 0 aliphatic carbocycles. The molecule has 0 spiro atoms.